The van der Waals surface area contributed by atoms with Gasteiger partial charge >= 0.3 is 11.9 Å². The van der Waals surface area contributed by atoms with Gasteiger partial charge in [0.15, 0.2) is 0 Å². The van der Waals surface area contributed by atoms with Gasteiger partial charge in [0.25, 0.3) is 0 Å². The summed E-state index contributed by atoms with van der Waals surface area (Å²) in [4.78, 5) is 24.0. The molecule has 0 radical (unpaired) electrons. The van der Waals surface area contributed by atoms with E-state index in [0.717, 1.165) is 33.8 Å². The van der Waals surface area contributed by atoms with E-state index in [4.69, 9.17) is 14.2 Å². The number of aromatic carboxylic acids is 2. The molecule has 0 aliphatic carbocycles. The maximum absolute atomic E-state index is 12.0. The van der Waals surface area contributed by atoms with E-state index >= 15 is 0 Å². The number of benzene rings is 4. The molecule has 0 heterocycles. The van der Waals surface area contributed by atoms with Gasteiger partial charge < -0.3 is 24.4 Å². The summed E-state index contributed by atoms with van der Waals surface area (Å²) in [6.45, 7) is 0. The summed E-state index contributed by atoms with van der Waals surface area (Å²) >= 11 is 0. The van der Waals surface area contributed by atoms with E-state index in [1.165, 1.54) is 0 Å². The lowest BCUT2D eigenvalue weighted by molar-refractivity contribution is 0.0687. The zero-order chi connectivity index (χ0) is 26.4. The molecule has 4 rings (SSSR count). The van der Waals surface area contributed by atoms with Crippen LogP contribution in [0.25, 0.3) is 0 Å². The molecule has 0 amide bonds. The molecule has 7 heteroatoms. The summed E-state index contributed by atoms with van der Waals surface area (Å²) in [5, 5.41) is 19.6. The smallest absolute Gasteiger partial charge is 0.339 e. The van der Waals surface area contributed by atoms with Crippen molar-refractivity contribution in [1.82, 2.24) is 0 Å². The van der Waals surface area contributed by atoms with Crippen molar-refractivity contribution < 1.29 is 34.0 Å². The Morgan fingerprint density at radius 1 is 0.568 bits per heavy atom. The minimum atomic E-state index is -1.17. The molecule has 0 saturated heterocycles. The van der Waals surface area contributed by atoms with E-state index in [1.54, 1.807) is 50.6 Å². The number of carbonyl (C=O) groups is 2. The molecular weight excluding hydrogens is 472 g/mol. The Morgan fingerprint density at radius 2 is 0.919 bits per heavy atom. The first-order chi connectivity index (χ1) is 17.9. The normalized spacial score (nSPS) is 10.5. The van der Waals surface area contributed by atoms with Crippen molar-refractivity contribution in [3.05, 3.63) is 118 Å². The molecule has 188 valence electrons. The third-order valence-electron chi connectivity index (χ3n) is 5.90. The molecule has 0 aromatic heterocycles. The fourth-order valence-electron chi connectivity index (χ4n) is 3.96. The quantitative estimate of drug-likeness (QED) is 0.273. The second-order valence-corrected chi connectivity index (χ2v) is 8.42. The van der Waals surface area contributed by atoms with Gasteiger partial charge in [-0.1, -0.05) is 36.4 Å². The second-order valence-electron chi connectivity index (χ2n) is 8.42. The SMILES string of the molecule is COc1ccc(Cc2ccc(Oc3ccc(Cc4ccc(OC)cc4)cc3C(=O)O)c(C(=O)O)c2)cc1. The van der Waals surface area contributed by atoms with Crippen molar-refractivity contribution in [3.63, 3.8) is 0 Å². The van der Waals surface area contributed by atoms with Crippen molar-refractivity contribution in [1.29, 1.82) is 0 Å². The van der Waals surface area contributed by atoms with Gasteiger partial charge in [-0.25, -0.2) is 9.59 Å². The van der Waals surface area contributed by atoms with Crippen LogP contribution in [0, 0.1) is 0 Å². The largest absolute Gasteiger partial charge is 0.497 e. The zero-order valence-corrected chi connectivity index (χ0v) is 20.4. The number of rotatable bonds is 10. The standard InChI is InChI=1S/C30H26O7/c1-35-23-9-3-19(4-10-23)15-21-7-13-27(25(17-21)29(31)32)37-28-14-8-22(18-26(28)30(33)34)16-20-5-11-24(36-2)12-6-20/h3-14,17-18H,15-16H2,1-2H3,(H,31,32)(H,33,34). The van der Waals surface area contributed by atoms with Gasteiger partial charge in [0, 0.05) is 0 Å². The first-order valence-corrected chi connectivity index (χ1v) is 11.5. The van der Waals surface area contributed by atoms with E-state index in [0.29, 0.717) is 12.8 Å². The first kappa shape index (κ1) is 25.3. The summed E-state index contributed by atoms with van der Waals surface area (Å²) < 4.78 is 16.2. The maximum atomic E-state index is 12.0. The van der Waals surface area contributed by atoms with Crippen LogP contribution < -0.4 is 14.2 Å². The fourth-order valence-corrected chi connectivity index (χ4v) is 3.96. The van der Waals surface area contributed by atoms with Crippen LogP contribution in [0.4, 0.5) is 0 Å². The van der Waals surface area contributed by atoms with Gasteiger partial charge in [-0.2, -0.15) is 0 Å². The number of ether oxygens (including phenoxy) is 3. The summed E-state index contributed by atoms with van der Waals surface area (Å²) in [6.07, 6.45) is 1.04. The second kappa shape index (κ2) is 11.3. The Morgan fingerprint density at radius 3 is 1.24 bits per heavy atom. The first-order valence-electron chi connectivity index (χ1n) is 11.5. The number of carboxylic acids is 2. The molecule has 2 N–H and O–H groups in total. The summed E-state index contributed by atoms with van der Waals surface area (Å²) in [5.74, 6) is -0.724. The number of methoxy groups -OCH3 is 2. The monoisotopic (exact) mass is 498 g/mol. The summed E-state index contributed by atoms with van der Waals surface area (Å²) in [7, 11) is 3.19. The van der Waals surface area contributed by atoms with Crippen molar-refractivity contribution in [2.75, 3.05) is 14.2 Å². The summed E-state index contributed by atoms with van der Waals surface area (Å²) in [5.41, 5.74) is 3.44. The van der Waals surface area contributed by atoms with Crippen LogP contribution >= 0.6 is 0 Å². The Labute approximate surface area is 214 Å². The Bertz CT molecular complexity index is 1300. The van der Waals surface area contributed by atoms with Gasteiger partial charge in [-0.05, 0) is 83.6 Å². The minimum absolute atomic E-state index is 0.0512. The highest BCUT2D eigenvalue weighted by Gasteiger charge is 2.18. The molecule has 0 saturated carbocycles. The van der Waals surface area contributed by atoms with Crippen LogP contribution in [0.5, 0.6) is 23.0 Å². The lowest BCUT2D eigenvalue weighted by Gasteiger charge is -2.14. The van der Waals surface area contributed by atoms with Crippen LogP contribution in [-0.2, 0) is 12.8 Å². The molecule has 0 atom stereocenters. The third kappa shape index (κ3) is 6.27. The van der Waals surface area contributed by atoms with Crippen LogP contribution in [0.15, 0.2) is 84.9 Å². The zero-order valence-electron chi connectivity index (χ0n) is 20.4. The topological polar surface area (TPSA) is 102 Å². The average Bonchev–Trinajstić information content (AvgIpc) is 2.91. The molecule has 4 aromatic rings. The number of hydrogen-bond acceptors (Lipinski definition) is 5. The number of hydrogen-bond donors (Lipinski definition) is 2. The fraction of sp³-hybridized carbons (Fsp3) is 0.133. The molecule has 0 unspecified atom stereocenters. The third-order valence-corrected chi connectivity index (χ3v) is 5.90. The van der Waals surface area contributed by atoms with Gasteiger partial charge in [0.2, 0.25) is 0 Å². The highest BCUT2D eigenvalue weighted by Crippen LogP contribution is 2.31. The molecular formula is C30H26O7. The predicted molar refractivity (Wildman–Crippen MR) is 138 cm³/mol. The summed E-state index contributed by atoms with van der Waals surface area (Å²) in [6, 6.07) is 24.8. The number of carboxylic acid groups (broad SMARTS) is 2. The molecule has 4 aromatic carbocycles. The molecule has 0 fully saturated rings. The van der Waals surface area contributed by atoms with Gasteiger partial charge in [-0.15, -0.1) is 0 Å². The Kier molecular flexibility index (Phi) is 7.74. The minimum Gasteiger partial charge on any atom is -0.497 e. The van der Waals surface area contributed by atoms with Crippen molar-refractivity contribution in [3.8, 4) is 23.0 Å². The highest BCUT2D eigenvalue weighted by atomic mass is 16.5. The van der Waals surface area contributed by atoms with Crippen LogP contribution in [-0.4, -0.2) is 36.4 Å². The van der Waals surface area contributed by atoms with Crippen LogP contribution in [0.3, 0.4) is 0 Å². The molecule has 0 aliphatic heterocycles. The average molecular weight is 499 g/mol. The van der Waals surface area contributed by atoms with E-state index in [2.05, 4.69) is 0 Å². The molecule has 0 spiro atoms. The highest BCUT2D eigenvalue weighted by molar-refractivity contribution is 5.93. The molecule has 7 nitrogen and oxygen atoms in total. The Hall–Kier alpha value is -4.78. The molecule has 37 heavy (non-hydrogen) atoms. The Balaban J connectivity index is 1.57. The lowest BCUT2D eigenvalue weighted by Crippen LogP contribution is -2.05. The van der Waals surface area contributed by atoms with Crippen LogP contribution in [0.2, 0.25) is 0 Å². The van der Waals surface area contributed by atoms with Gasteiger partial charge in [-0.3, -0.25) is 0 Å². The van der Waals surface area contributed by atoms with Gasteiger partial charge in [0.1, 0.15) is 34.1 Å². The molecule has 0 aliphatic rings. The van der Waals surface area contributed by atoms with E-state index in [-0.39, 0.29) is 22.6 Å². The van der Waals surface area contributed by atoms with Crippen molar-refractivity contribution >= 4 is 11.9 Å². The van der Waals surface area contributed by atoms with E-state index < -0.39 is 11.9 Å². The lowest BCUT2D eigenvalue weighted by atomic mass is 10.0. The van der Waals surface area contributed by atoms with Crippen molar-refractivity contribution in [2.45, 2.75) is 12.8 Å². The predicted octanol–water partition coefficient (Wildman–Crippen LogP) is 6.07. The van der Waals surface area contributed by atoms with Crippen LogP contribution in [0.1, 0.15) is 43.0 Å². The van der Waals surface area contributed by atoms with E-state index in [9.17, 15) is 19.8 Å². The van der Waals surface area contributed by atoms with E-state index in [1.807, 2.05) is 48.5 Å². The van der Waals surface area contributed by atoms with Crippen molar-refractivity contribution in [2.24, 2.45) is 0 Å². The maximum Gasteiger partial charge on any atom is 0.339 e. The molecule has 0 bridgehead atoms. The van der Waals surface area contributed by atoms with Gasteiger partial charge in [0.05, 0.1) is 14.2 Å².